The van der Waals surface area contributed by atoms with Gasteiger partial charge < -0.3 is 5.73 Å². The highest BCUT2D eigenvalue weighted by atomic mass is 35.5. The summed E-state index contributed by atoms with van der Waals surface area (Å²) in [6.07, 6.45) is 3.68. The lowest BCUT2D eigenvalue weighted by atomic mass is 10.2. The van der Waals surface area contributed by atoms with Crippen LogP contribution in [0.5, 0.6) is 0 Å². The molecule has 3 heteroatoms. The summed E-state index contributed by atoms with van der Waals surface area (Å²) in [5.41, 5.74) is 6.78. The van der Waals surface area contributed by atoms with E-state index in [-0.39, 0.29) is 0 Å². The van der Waals surface area contributed by atoms with Crippen LogP contribution in [0.4, 0.5) is 0 Å². The lowest BCUT2D eigenvalue weighted by Crippen LogP contribution is -1.97. The van der Waals surface area contributed by atoms with Crippen molar-refractivity contribution in [3.63, 3.8) is 0 Å². The van der Waals surface area contributed by atoms with E-state index in [1.165, 1.54) is 24.2 Å². The largest absolute Gasteiger partial charge is 0.330 e. The molecule has 0 aromatic heterocycles. The van der Waals surface area contributed by atoms with Gasteiger partial charge in [0.15, 0.2) is 0 Å². The van der Waals surface area contributed by atoms with Gasteiger partial charge in [0, 0.05) is 10.8 Å². The maximum atomic E-state index is 5.81. The smallest absolute Gasteiger partial charge is 0.0406 e. The van der Waals surface area contributed by atoms with Gasteiger partial charge in [0.2, 0.25) is 0 Å². The fourth-order valence-electron chi connectivity index (χ4n) is 1.30. The Labute approximate surface area is 101 Å². The molecule has 0 bridgehead atoms. The molecular formula is C12H18ClNS. The number of unbranched alkanes of at least 4 members (excludes halogenated alkanes) is 2. The van der Waals surface area contributed by atoms with Gasteiger partial charge in [0.1, 0.15) is 0 Å². The van der Waals surface area contributed by atoms with Crippen molar-refractivity contribution in [2.24, 2.45) is 5.73 Å². The second-order valence-electron chi connectivity index (χ2n) is 3.53. The number of nitrogens with two attached hydrogens (primary N) is 1. The molecule has 1 rings (SSSR count). The molecule has 0 aliphatic carbocycles. The topological polar surface area (TPSA) is 26.0 Å². The molecule has 15 heavy (non-hydrogen) atoms. The predicted octanol–water partition coefficient (Wildman–Crippen LogP) is 3.70. The number of thioether (sulfide) groups is 1. The SMILES string of the molecule is NCCCCCSCc1ccc(Cl)cc1. The van der Waals surface area contributed by atoms with Crippen LogP contribution in [-0.2, 0) is 5.75 Å². The van der Waals surface area contributed by atoms with Crippen molar-refractivity contribution in [1.29, 1.82) is 0 Å². The van der Waals surface area contributed by atoms with Crippen molar-refractivity contribution < 1.29 is 0 Å². The first kappa shape index (κ1) is 12.9. The summed E-state index contributed by atoms with van der Waals surface area (Å²) in [6.45, 7) is 0.821. The van der Waals surface area contributed by atoms with Crippen LogP contribution < -0.4 is 5.73 Å². The quantitative estimate of drug-likeness (QED) is 0.739. The van der Waals surface area contributed by atoms with Crippen molar-refractivity contribution in [3.8, 4) is 0 Å². The van der Waals surface area contributed by atoms with Crippen molar-refractivity contribution in [2.75, 3.05) is 12.3 Å². The Balaban J connectivity index is 2.07. The van der Waals surface area contributed by atoms with Crippen LogP contribution in [0.15, 0.2) is 24.3 Å². The maximum Gasteiger partial charge on any atom is 0.0406 e. The maximum absolute atomic E-state index is 5.81. The van der Waals surface area contributed by atoms with Crippen LogP contribution in [-0.4, -0.2) is 12.3 Å². The minimum absolute atomic E-state index is 0.812. The molecule has 0 unspecified atom stereocenters. The summed E-state index contributed by atoms with van der Waals surface area (Å²) in [4.78, 5) is 0. The van der Waals surface area contributed by atoms with Crippen LogP contribution in [0.25, 0.3) is 0 Å². The Kier molecular flexibility index (Phi) is 6.90. The summed E-state index contributed by atoms with van der Waals surface area (Å²) in [5, 5.41) is 0.812. The van der Waals surface area contributed by atoms with Gasteiger partial charge in [-0.1, -0.05) is 30.2 Å². The van der Waals surface area contributed by atoms with Crippen LogP contribution >= 0.6 is 23.4 Å². The number of rotatable bonds is 7. The number of benzene rings is 1. The van der Waals surface area contributed by atoms with E-state index in [2.05, 4.69) is 12.1 Å². The first-order chi connectivity index (χ1) is 7.33. The molecule has 1 aromatic rings. The van der Waals surface area contributed by atoms with Crippen molar-refractivity contribution >= 4 is 23.4 Å². The van der Waals surface area contributed by atoms with E-state index in [1.54, 1.807) is 0 Å². The lowest BCUT2D eigenvalue weighted by Gasteiger charge is -2.02. The first-order valence-corrected chi connectivity index (χ1v) is 6.88. The van der Waals surface area contributed by atoms with E-state index in [0.29, 0.717) is 0 Å². The Morgan fingerprint density at radius 3 is 2.47 bits per heavy atom. The Morgan fingerprint density at radius 2 is 1.80 bits per heavy atom. The van der Waals surface area contributed by atoms with E-state index in [1.807, 2.05) is 23.9 Å². The van der Waals surface area contributed by atoms with Crippen LogP contribution in [0.3, 0.4) is 0 Å². The molecule has 1 aromatic carbocycles. The van der Waals surface area contributed by atoms with Crippen molar-refractivity contribution in [2.45, 2.75) is 25.0 Å². The Morgan fingerprint density at radius 1 is 1.07 bits per heavy atom. The van der Waals surface area contributed by atoms with E-state index >= 15 is 0 Å². The minimum atomic E-state index is 0.812. The number of hydrogen-bond acceptors (Lipinski definition) is 2. The number of halogens is 1. The zero-order chi connectivity index (χ0) is 10.9. The molecule has 0 atom stereocenters. The highest BCUT2D eigenvalue weighted by molar-refractivity contribution is 7.98. The second kappa shape index (κ2) is 8.03. The standard InChI is InChI=1S/C12H18ClNS/c13-12-6-4-11(5-7-12)10-15-9-3-1-2-8-14/h4-7H,1-3,8-10,14H2. The molecule has 0 saturated carbocycles. The average Bonchev–Trinajstić information content (AvgIpc) is 2.26. The van der Waals surface area contributed by atoms with Crippen molar-refractivity contribution in [3.05, 3.63) is 34.9 Å². The monoisotopic (exact) mass is 243 g/mol. The molecule has 0 radical (unpaired) electrons. The van der Waals surface area contributed by atoms with E-state index < -0.39 is 0 Å². The van der Waals surface area contributed by atoms with Gasteiger partial charge in [-0.3, -0.25) is 0 Å². The summed E-state index contributed by atoms with van der Waals surface area (Å²) >= 11 is 7.79. The van der Waals surface area contributed by atoms with E-state index in [9.17, 15) is 0 Å². The molecule has 0 fully saturated rings. The van der Waals surface area contributed by atoms with Gasteiger partial charge in [-0.05, 0) is 42.8 Å². The van der Waals surface area contributed by atoms with Crippen LogP contribution in [0.2, 0.25) is 5.02 Å². The van der Waals surface area contributed by atoms with Crippen LogP contribution in [0, 0.1) is 0 Å². The second-order valence-corrected chi connectivity index (χ2v) is 5.07. The molecule has 0 aliphatic heterocycles. The van der Waals surface area contributed by atoms with Gasteiger partial charge in [-0.15, -0.1) is 0 Å². The van der Waals surface area contributed by atoms with Gasteiger partial charge in [0.25, 0.3) is 0 Å². The zero-order valence-corrected chi connectivity index (χ0v) is 10.5. The van der Waals surface area contributed by atoms with Gasteiger partial charge in [-0.25, -0.2) is 0 Å². The molecule has 0 amide bonds. The molecule has 0 saturated heterocycles. The van der Waals surface area contributed by atoms with E-state index in [0.717, 1.165) is 23.7 Å². The minimum Gasteiger partial charge on any atom is -0.330 e. The van der Waals surface area contributed by atoms with Gasteiger partial charge >= 0.3 is 0 Å². The Bertz CT molecular complexity index is 261. The molecule has 0 heterocycles. The molecule has 0 spiro atoms. The zero-order valence-electron chi connectivity index (χ0n) is 8.92. The molecule has 84 valence electrons. The summed E-state index contributed by atoms with van der Waals surface area (Å²) in [6, 6.07) is 8.09. The third-order valence-electron chi connectivity index (χ3n) is 2.17. The highest BCUT2D eigenvalue weighted by Crippen LogP contribution is 2.16. The fourth-order valence-corrected chi connectivity index (χ4v) is 2.40. The van der Waals surface area contributed by atoms with E-state index in [4.69, 9.17) is 17.3 Å². The average molecular weight is 244 g/mol. The van der Waals surface area contributed by atoms with Crippen LogP contribution in [0.1, 0.15) is 24.8 Å². The third kappa shape index (κ3) is 6.08. The van der Waals surface area contributed by atoms with Crippen molar-refractivity contribution in [1.82, 2.24) is 0 Å². The van der Waals surface area contributed by atoms with Gasteiger partial charge in [-0.2, -0.15) is 11.8 Å². The molecular weight excluding hydrogens is 226 g/mol. The lowest BCUT2D eigenvalue weighted by molar-refractivity contribution is 0.732. The molecule has 1 nitrogen and oxygen atoms in total. The first-order valence-electron chi connectivity index (χ1n) is 5.35. The fraction of sp³-hybridized carbons (Fsp3) is 0.500. The normalized spacial score (nSPS) is 10.5. The summed E-state index contributed by atoms with van der Waals surface area (Å²) in [7, 11) is 0. The summed E-state index contributed by atoms with van der Waals surface area (Å²) in [5.74, 6) is 2.31. The summed E-state index contributed by atoms with van der Waals surface area (Å²) < 4.78 is 0. The molecule has 0 aliphatic rings. The third-order valence-corrected chi connectivity index (χ3v) is 3.54. The number of hydrogen-bond donors (Lipinski definition) is 1. The Hall–Kier alpha value is -0.180. The highest BCUT2D eigenvalue weighted by Gasteiger charge is 1.94. The van der Waals surface area contributed by atoms with Gasteiger partial charge in [0.05, 0.1) is 0 Å². The predicted molar refractivity (Wildman–Crippen MR) is 70.5 cm³/mol. The molecule has 2 N–H and O–H groups in total.